The van der Waals surface area contributed by atoms with E-state index < -0.39 is 6.36 Å². The van der Waals surface area contributed by atoms with E-state index >= 15 is 0 Å². The average molecular weight is 396 g/mol. The van der Waals surface area contributed by atoms with Gasteiger partial charge in [0.2, 0.25) is 5.88 Å². The van der Waals surface area contributed by atoms with Crippen molar-refractivity contribution >= 4 is 6.03 Å². The number of ether oxygens (including phenoxy) is 2. The SMILES string of the molecule is O=C(NCc1cccc(OC(F)(F)F)c1)N1CCC(Oc2cnccn2)CC1. The number of piperidine rings is 1. The molecule has 1 fully saturated rings. The van der Waals surface area contributed by atoms with E-state index in [0.717, 1.165) is 0 Å². The Hall–Kier alpha value is -3.04. The Balaban J connectivity index is 1.44. The lowest BCUT2D eigenvalue weighted by atomic mass is 10.1. The van der Waals surface area contributed by atoms with Crippen LogP contribution in [0, 0.1) is 0 Å². The highest BCUT2D eigenvalue weighted by Crippen LogP contribution is 2.23. The van der Waals surface area contributed by atoms with Gasteiger partial charge < -0.3 is 19.7 Å². The van der Waals surface area contributed by atoms with Crippen LogP contribution in [0.1, 0.15) is 18.4 Å². The maximum Gasteiger partial charge on any atom is 0.573 e. The molecule has 0 aliphatic carbocycles. The minimum absolute atomic E-state index is 0.0445. The summed E-state index contributed by atoms with van der Waals surface area (Å²) in [7, 11) is 0. The number of hydrogen-bond donors (Lipinski definition) is 1. The van der Waals surface area contributed by atoms with E-state index in [4.69, 9.17) is 4.74 Å². The van der Waals surface area contributed by atoms with Gasteiger partial charge in [-0.05, 0) is 17.7 Å². The third-order valence-electron chi connectivity index (χ3n) is 4.13. The van der Waals surface area contributed by atoms with Crippen LogP contribution in [-0.4, -0.2) is 46.5 Å². The second-order valence-electron chi connectivity index (χ2n) is 6.20. The molecule has 28 heavy (non-hydrogen) atoms. The molecule has 0 saturated carbocycles. The fraction of sp³-hybridized carbons (Fsp3) is 0.389. The van der Waals surface area contributed by atoms with Gasteiger partial charge in [-0.25, -0.2) is 9.78 Å². The second kappa shape index (κ2) is 8.77. The molecule has 1 saturated heterocycles. The van der Waals surface area contributed by atoms with Crippen molar-refractivity contribution in [1.29, 1.82) is 0 Å². The number of carbonyl (C=O) groups excluding carboxylic acids is 1. The van der Waals surface area contributed by atoms with E-state index in [2.05, 4.69) is 20.0 Å². The number of likely N-dealkylation sites (tertiary alicyclic amines) is 1. The summed E-state index contributed by atoms with van der Waals surface area (Å²) in [5.74, 6) is 0.132. The zero-order valence-electron chi connectivity index (χ0n) is 14.9. The van der Waals surface area contributed by atoms with Crippen LogP contribution in [0.15, 0.2) is 42.9 Å². The van der Waals surface area contributed by atoms with E-state index in [9.17, 15) is 18.0 Å². The van der Waals surface area contributed by atoms with Crippen LogP contribution in [0.2, 0.25) is 0 Å². The van der Waals surface area contributed by atoms with Crippen molar-refractivity contribution in [3.63, 3.8) is 0 Å². The van der Waals surface area contributed by atoms with Gasteiger partial charge >= 0.3 is 12.4 Å². The first-order valence-corrected chi connectivity index (χ1v) is 8.69. The molecule has 1 aliphatic heterocycles. The summed E-state index contributed by atoms with van der Waals surface area (Å²) in [5, 5.41) is 2.71. The van der Waals surface area contributed by atoms with E-state index in [1.54, 1.807) is 23.4 Å². The van der Waals surface area contributed by atoms with Crippen LogP contribution >= 0.6 is 0 Å². The zero-order chi connectivity index (χ0) is 20.0. The molecule has 150 valence electrons. The molecule has 1 aromatic carbocycles. The molecule has 0 radical (unpaired) electrons. The maximum absolute atomic E-state index is 12.3. The Bertz CT molecular complexity index is 781. The first-order chi connectivity index (χ1) is 13.4. The summed E-state index contributed by atoms with van der Waals surface area (Å²) in [6.07, 6.45) is 1.15. The molecule has 0 bridgehead atoms. The Morgan fingerprint density at radius 1 is 1.25 bits per heavy atom. The van der Waals surface area contributed by atoms with E-state index in [1.165, 1.54) is 24.4 Å². The Morgan fingerprint density at radius 2 is 2.04 bits per heavy atom. The molecule has 0 spiro atoms. The van der Waals surface area contributed by atoms with Crippen molar-refractivity contribution in [3.8, 4) is 11.6 Å². The van der Waals surface area contributed by atoms with Crippen LogP contribution in [0.5, 0.6) is 11.6 Å². The van der Waals surface area contributed by atoms with Gasteiger partial charge in [-0.2, -0.15) is 0 Å². The van der Waals surface area contributed by atoms with Crippen LogP contribution < -0.4 is 14.8 Å². The van der Waals surface area contributed by atoms with E-state index in [0.29, 0.717) is 37.4 Å². The molecule has 1 aliphatic rings. The monoisotopic (exact) mass is 396 g/mol. The molecule has 3 rings (SSSR count). The topological polar surface area (TPSA) is 76.6 Å². The number of carbonyl (C=O) groups is 1. The van der Waals surface area contributed by atoms with Crippen LogP contribution in [0.3, 0.4) is 0 Å². The molecule has 7 nitrogen and oxygen atoms in total. The van der Waals surface area contributed by atoms with Crippen LogP contribution in [-0.2, 0) is 6.54 Å². The summed E-state index contributed by atoms with van der Waals surface area (Å²) in [6.45, 7) is 1.12. The minimum atomic E-state index is -4.75. The molecular formula is C18H19F3N4O3. The number of alkyl halides is 3. The highest BCUT2D eigenvalue weighted by atomic mass is 19.4. The van der Waals surface area contributed by atoms with Crippen molar-refractivity contribution in [1.82, 2.24) is 20.2 Å². The largest absolute Gasteiger partial charge is 0.573 e. The lowest BCUT2D eigenvalue weighted by Gasteiger charge is -2.31. The number of hydrogen-bond acceptors (Lipinski definition) is 5. The smallest absolute Gasteiger partial charge is 0.473 e. The predicted octanol–water partition coefficient (Wildman–Crippen LogP) is 3.13. The molecule has 2 heterocycles. The molecular weight excluding hydrogens is 377 g/mol. The number of rotatable bonds is 5. The summed E-state index contributed by atoms with van der Waals surface area (Å²) < 4.78 is 46.5. The Labute approximate surface area is 159 Å². The van der Waals surface area contributed by atoms with Gasteiger partial charge in [0.15, 0.2) is 0 Å². The second-order valence-corrected chi connectivity index (χ2v) is 6.20. The van der Waals surface area contributed by atoms with Gasteiger partial charge in [-0.15, -0.1) is 13.2 Å². The Morgan fingerprint density at radius 3 is 2.71 bits per heavy atom. The summed E-state index contributed by atoms with van der Waals surface area (Å²) in [4.78, 5) is 21.9. The average Bonchev–Trinajstić information content (AvgIpc) is 2.66. The fourth-order valence-corrected chi connectivity index (χ4v) is 2.84. The Kier molecular flexibility index (Phi) is 6.17. The van der Waals surface area contributed by atoms with Crippen molar-refractivity contribution in [2.45, 2.75) is 31.9 Å². The molecule has 0 unspecified atom stereocenters. The van der Waals surface area contributed by atoms with E-state index in [1.807, 2.05) is 0 Å². The number of benzene rings is 1. The molecule has 10 heteroatoms. The van der Waals surface area contributed by atoms with Gasteiger partial charge in [0.05, 0.1) is 6.20 Å². The van der Waals surface area contributed by atoms with Crippen molar-refractivity contribution in [2.75, 3.05) is 13.1 Å². The standard InChI is InChI=1S/C18H19F3N4O3/c19-18(20,21)28-15-3-1-2-13(10-15)11-24-17(26)25-8-4-14(5-9-25)27-16-12-22-6-7-23-16/h1-3,6-7,10,12,14H,4-5,8-9,11H2,(H,24,26). The van der Waals surface area contributed by atoms with Gasteiger partial charge in [-0.3, -0.25) is 4.98 Å². The third kappa shape index (κ3) is 6.00. The molecule has 2 aromatic rings. The minimum Gasteiger partial charge on any atom is -0.473 e. The maximum atomic E-state index is 12.3. The first kappa shape index (κ1) is 19.7. The number of aromatic nitrogens is 2. The fourth-order valence-electron chi connectivity index (χ4n) is 2.84. The lowest BCUT2D eigenvalue weighted by molar-refractivity contribution is -0.274. The van der Waals surface area contributed by atoms with Crippen molar-refractivity contribution in [3.05, 3.63) is 48.4 Å². The first-order valence-electron chi connectivity index (χ1n) is 8.69. The number of amides is 2. The number of nitrogens with zero attached hydrogens (tertiary/aromatic N) is 3. The van der Waals surface area contributed by atoms with Gasteiger partial charge in [0.25, 0.3) is 0 Å². The lowest BCUT2D eigenvalue weighted by Crippen LogP contribution is -2.46. The summed E-state index contributed by atoms with van der Waals surface area (Å²) in [6, 6.07) is 5.23. The third-order valence-corrected chi connectivity index (χ3v) is 4.13. The summed E-state index contributed by atoms with van der Waals surface area (Å²) in [5.41, 5.74) is 0.510. The number of urea groups is 1. The molecule has 1 N–H and O–H groups in total. The van der Waals surface area contributed by atoms with Gasteiger partial charge in [0.1, 0.15) is 11.9 Å². The molecule has 0 atom stereocenters. The van der Waals surface area contributed by atoms with Crippen LogP contribution in [0.25, 0.3) is 0 Å². The zero-order valence-corrected chi connectivity index (χ0v) is 14.9. The quantitative estimate of drug-likeness (QED) is 0.840. The van der Waals surface area contributed by atoms with Gasteiger partial charge in [0, 0.05) is 44.9 Å². The van der Waals surface area contributed by atoms with Gasteiger partial charge in [-0.1, -0.05) is 12.1 Å². The molecule has 1 aromatic heterocycles. The van der Waals surface area contributed by atoms with Crippen molar-refractivity contribution < 1.29 is 27.4 Å². The highest BCUT2D eigenvalue weighted by Gasteiger charge is 2.31. The number of nitrogens with one attached hydrogen (secondary N) is 1. The molecule has 2 amide bonds. The predicted molar refractivity (Wildman–Crippen MR) is 92.6 cm³/mol. The normalized spacial score (nSPS) is 15.2. The number of halogens is 3. The van der Waals surface area contributed by atoms with Crippen LogP contribution in [0.4, 0.5) is 18.0 Å². The van der Waals surface area contributed by atoms with E-state index in [-0.39, 0.29) is 24.4 Å². The van der Waals surface area contributed by atoms with Crippen molar-refractivity contribution in [2.24, 2.45) is 0 Å². The highest BCUT2D eigenvalue weighted by molar-refractivity contribution is 5.74. The summed E-state index contributed by atoms with van der Waals surface area (Å²) >= 11 is 0.